The van der Waals surface area contributed by atoms with Crippen molar-refractivity contribution in [1.29, 1.82) is 0 Å². The number of pyridine rings is 1. The molecule has 1 aliphatic carbocycles. The monoisotopic (exact) mass is 374 g/mol. The molecule has 0 aliphatic heterocycles. The zero-order valence-corrected chi connectivity index (χ0v) is 16.7. The van der Waals surface area contributed by atoms with Gasteiger partial charge in [0.25, 0.3) is 5.56 Å². The van der Waals surface area contributed by atoms with E-state index >= 15 is 0 Å². The molecule has 1 saturated carbocycles. The summed E-state index contributed by atoms with van der Waals surface area (Å²) in [6.07, 6.45) is 8.21. The molecule has 1 unspecified atom stereocenters. The lowest BCUT2D eigenvalue weighted by molar-refractivity contribution is 0.304. The van der Waals surface area contributed by atoms with Gasteiger partial charge in [-0.25, -0.2) is 0 Å². The van der Waals surface area contributed by atoms with Gasteiger partial charge in [0.2, 0.25) is 0 Å². The molecule has 0 spiro atoms. The second kappa shape index (κ2) is 8.74. The van der Waals surface area contributed by atoms with Crippen molar-refractivity contribution in [2.45, 2.75) is 58.0 Å². The molecule has 1 aromatic heterocycles. The summed E-state index contributed by atoms with van der Waals surface area (Å²) in [6.45, 7) is 3.07. The van der Waals surface area contributed by atoms with E-state index in [2.05, 4.69) is 36.5 Å². The highest BCUT2D eigenvalue weighted by atomic mass is 16.1. The van der Waals surface area contributed by atoms with Gasteiger partial charge in [-0.2, -0.15) is 0 Å². The van der Waals surface area contributed by atoms with Crippen LogP contribution in [0.3, 0.4) is 0 Å². The van der Waals surface area contributed by atoms with Gasteiger partial charge in [0, 0.05) is 18.7 Å². The highest BCUT2D eigenvalue weighted by Gasteiger charge is 2.17. The lowest BCUT2D eigenvalue weighted by atomic mass is 9.85. The average molecular weight is 375 g/mol. The first kappa shape index (κ1) is 18.9. The number of para-hydroxylation sites is 2. The Morgan fingerprint density at radius 3 is 2.57 bits per heavy atom. The summed E-state index contributed by atoms with van der Waals surface area (Å²) in [5.74, 6) is 0.868. The van der Waals surface area contributed by atoms with Gasteiger partial charge in [0.15, 0.2) is 0 Å². The predicted octanol–water partition coefficient (Wildman–Crippen LogP) is 5.44. The van der Waals surface area contributed by atoms with Gasteiger partial charge in [-0.05, 0) is 48.4 Å². The van der Waals surface area contributed by atoms with Crippen LogP contribution in [0.2, 0.25) is 0 Å². The van der Waals surface area contributed by atoms with Crippen molar-refractivity contribution in [3.63, 3.8) is 0 Å². The molecule has 0 radical (unpaired) electrons. The molecule has 2 aromatic carbocycles. The Kier molecular flexibility index (Phi) is 5.92. The highest BCUT2D eigenvalue weighted by Crippen LogP contribution is 2.27. The van der Waals surface area contributed by atoms with Gasteiger partial charge in [0.05, 0.1) is 11.2 Å². The zero-order chi connectivity index (χ0) is 19.3. The van der Waals surface area contributed by atoms with Crippen molar-refractivity contribution in [1.82, 2.24) is 9.88 Å². The lowest BCUT2D eigenvalue weighted by Gasteiger charge is -2.25. The third-order valence-electron chi connectivity index (χ3n) is 6.09. The molecule has 0 saturated heterocycles. The summed E-state index contributed by atoms with van der Waals surface area (Å²) < 4.78 is 1.85. The number of rotatable bonds is 6. The summed E-state index contributed by atoms with van der Waals surface area (Å²) >= 11 is 0. The Morgan fingerprint density at radius 2 is 1.71 bits per heavy atom. The number of fused-ring (bicyclic) bond motifs is 1. The Hall–Kier alpha value is -2.39. The van der Waals surface area contributed by atoms with Gasteiger partial charge in [-0.1, -0.05) is 68.5 Å². The van der Waals surface area contributed by atoms with E-state index in [4.69, 9.17) is 0 Å². The summed E-state index contributed by atoms with van der Waals surface area (Å²) in [5, 5.41) is 4.79. The SMILES string of the molecule is CC(CC1CCCCC1)NCc1ccccc1-n1c(=O)ccc2ccccc21. The molecule has 3 aromatic rings. The van der Waals surface area contributed by atoms with Crippen molar-refractivity contribution in [2.24, 2.45) is 5.92 Å². The minimum atomic E-state index is 0.0152. The van der Waals surface area contributed by atoms with E-state index < -0.39 is 0 Å². The summed E-state index contributed by atoms with van der Waals surface area (Å²) in [6, 6.07) is 20.4. The fourth-order valence-electron chi connectivity index (χ4n) is 4.60. The number of hydrogen-bond donors (Lipinski definition) is 1. The molecule has 1 heterocycles. The molecule has 1 atom stereocenters. The molecular formula is C25H30N2O. The van der Waals surface area contributed by atoms with Crippen LogP contribution in [0, 0.1) is 5.92 Å². The van der Waals surface area contributed by atoms with Crippen LogP contribution in [0.1, 0.15) is 51.0 Å². The van der Waals surface area contributed by atoms with Crippen molar-refractivity contribution < 1.29 is 0 Å². The van der Waals surface area contributed by atoms with Crippen LogP contribution < -0.4 is 10.9 Å². The van der Waals surface area contributed by atoms with Gasteiger partial charge in [-0.15, -0.1) is 0 Å². The minimum Gasteiger partial charge on any atom is -0.310 e. The quantitative estimate of drug-likeness (QED) is 0.623. The van der Waals surface area contributed by atoms with E-state index in [9.17, 15) is 4.79 Å². The Morgan fingerprint density at radius 1 is 0.964 bits per heavy atom. The second-order valence-corrected chi connectivity index (χ2v) is 8.22. The fraction of sp³-hybridized carbons (Fsp3) is 0.400. The standard InChI is InChI=1S/C25H30N2O/c1-19(17-20-9-3-2-4-10-20)26-18-22-12-6-8-14-24(22)27-23-13-7-5-11-21(23)15-16-25(27)28/h5-8,11-16,19-20,26H,2-4,9-10,17-18H2,1H3. The van der Waals surface area contributed by atoms with Crippen molar-refractivity contribution >= 4 is 10.9 Å². The summed E-state index contributed by atoms with van der Waals surface area (Å²) in [4.78, 5) is 12.7. The molecule has 28 heavy (non-hydrogen) atoms. The van der Waals surface area contributed by atoms with Crippen molar-refractivity contribution in [3.8, 4) is 5.69 Å². The molecular weight excluding hydrogens is 344 g/mol. The summed E-state index contributed by atoms with van der Waals surface area (Å²) in [5.41, 5.74) is 3.11. The van der Waals surface area contributed by atoms with Crippen LogP contribution in [0.5, 0.6) is 0 Å². The van der Waals surface area contributed by atoms with Crippen LogP contribution in [-0.4, -0.2) is 10.6 Å². The summed E-state index contributed by atoms with van der Waals surface area (Å²) in [7, 11) is 0. The third-order valence-corrected chi connectivity index (χ3v) is 6.09. The molecule has 0 bridgehead atoms. The first-order valence-corrected chi connectivity index (χ1v) is 10.6. The smallest absolute Gasteiger partial charge is 0.255 e. The Balaban J connectivity index is 1.56. The fourth-order valence-corrected chi connectivity index (χ4v) is 4.60. The normalized spacial score (nSPS) is 16.3. The minimum absolute atomic E-state index is 0.0152. The molecule has 1 N–H and O–H groups in total. The van der Waals surface area contributed by atoms with Crippen molar-refractivity contribution in [2.75, 3.05) is 0 Å². The predicted molar refractivity (Wildman–Crippen MR) is 117 cm³/mol. The van der Waals surface area contributed by atoms with Crippen LogP contribution in [0.25, 0.3) is 16.6 Å². The number of nitrogens with zero attached hydrogens (tertiary/aromatic N) is 1. The molecule has 3 nitrogen and oxygen atoms in total. The van der Waals surface area contributed by atoms with Gasteiger partial charge in [-0.3, -0.25) is 9.36 Å². The maximum absolute atomic E-state index is 12.7. The third kappa shape index (κ3) is 4.20. The molecule has 1 aliphatic rings. The van der Waals surface area contributed by atoms with Crippen LogP contribution in [0.15, 0.2) is 65.5 Å². The second-order valence-electron chi connectivity index (χ2n) is 8.22. The van der Waals surface area contributed by atoms with Crippen LogP contribution in [0.4, 0.5) is 0 Å². The van der Waals surface area contributed by atoms with E-state index in [1.54, 1.807) is 6.07 Å². The zero-order valence-electron chi connectivity index (χ0n) is 16.7. The van der Waals surface area contributed by atoms with Gasteiger partial charge >= 0.3 is 0 Å². The van der Waals surface area contributed by atoms with E-state index in [0.29, 0.717) is 6.04 Å². The largest absolute Gasteiger partial charge is 0.310 e. The lowest BCUT2D eigenvalue weighted by Crippen LogP contribution is -2.29. The highest BCUT2D eigenvalue weighted by molar-refractivity contribution is 5.80. The van der Waals surface area contributed by atoms with E-state index in [0.717, 1.165) is 34.6 Å². The molecule has 4 rings (SSSR count). The molecule has 0 amide bonds. The number of hydrogen-bond acceptors (Lipinski definition) is 2. The average Bonchev–Trinajstić information content (AvgIpc) is 2.73. The van der Waals surface area contributed by atoms with E-state index in [-0.39, 0.29) is 5.56 Å². The van der Waals surface area contributed by atoms with Gasteiger partial charge < -0.3 is 5.32 Å². The first-order chi connectivity index (χ1) is 13.7. The molecule has 3 heteroatoms. The van der Waals surface area contributed by atoms with E-state index in [1.807, 2.05) is 34.9 Å². The van der Waals surface area contributed by atoms with Crippen LogP contribution >= 0.6 is 0 Å². The van der Waals surface area contributed by atoms with Crippen molar-refractivity contribution in [3.05, 3.63) is 76.6 Å². The Labute approximate surface area is 167 Å². The molecule has 1 fully saturated rings. The maximum atomic E-state index is 12.7. The first-order valence-electron chi connectivity index (χ1n) is 10.6. The number of benzene rings is 2. The molecule has 146 valence electrons. The topological polar surface area (TPSA) is 34.0 Å². The Bertz CT molecular complexity index is 985. The number of nitrogens with one attached hydrogen (secondary N) is 1. The van der Waals surface area contributed by atoms with Crippen LogP contribution in [-0.2, 0) is 6.54 Å². The maximum Gasteiger partial charge on any atom is 0.255 e. The van der Waals surface area contributed by atoms with E-state index in [1.165, 1.54) is 38.5 Å². The van der Waals surface area contributed by atoms with Gasteiger partial charge in [0.1, 0.15) is 0 Å². The number of aromatic nitrogens is 1.